The predicted molar refractivity (Wildman–Crippen MR) is 145 cm³/mol. The third kappa shape index (κ3) is 5.04. The first-order valence-corrected chi connectivity index (χ1v) is 12.9. The van der Waals surface area contributed by atoms with Gasteiger partial charge in [-0.25, -0.2) is 9.79 Å². The standard InChI is InChI=1S/C28H31N3O5S/c1-7-35-25-20(10-9-11-21(25)34-6)24-23(27(33)36-8-2)17(3)29-28-31(24)26(32)22(37-28)16-18-12-14-19(15-13-18)30(4)5/h9-16,24H,7-8H2,1-6H3/b22-16+/t24-/m0/s1. The number of esters is 1. The van der Waals surface area contributed by atoms with Gasteiger partial charge in [-0.15, -0.1) is 0 Å². The van der Waals surface area contributed by atoms with Crippen molar-refractivity contribution in [2.75, 3.05) is 39.3 Å². The summed E-state index contributed by atoms with van der Waals surface area (Å²) in [6.07, 6.45) is 1.85. The molecule has 0 bridgehead atoms. The number of rotatable bonds is 8. The van der Waals surface area contributed by atoms with Crippen LogP contribution in [0, 0.1) is 0 Å². The fourth-order valence-electron chi connectivity index (χ4n) is 4.31. The van der Waals surface area contributed by atoms with Crippen LogP contribution in [-0.4, -0.2) is 45.0 Å². The summed E-state index contributed by atoms with van der Waals surface area (Å²) in [5.74, 6) is 0.468. The minimum atomic E-state index is -0.787. The van der Waals surface area contributed by atoms with Gasteiger partial charge in [0.25, 0.3) is 5.56 Å². The molecule has 37 heavy (non-hydrogen) atoms. The van der Waals surface area contributed by atoms with E-state index < -0.39 is 12.0 Å². The number of aromatic nitrogens is 1. The first-order chi connectivity index (χ1) is 17.8. The number of anilines is 1. The molecule has 0 saturated carbocycles. The van der Waals surface area contributed by atoms with Gasteiger partial charge in [0.2, 0.25) is 0 Å². The predicted octanol–water partition coefficient (Wildman–Crippen LogP) is 3.27. The number of fused-ring (bicyclic) bond motifs is 1. The number of carbonyl (C=O) groups excluding carboxylic acids is 1. The van der Waals surface area contributed by atoms with Crippen molar-refractivity contribution in [3.8, 4) is 11.5 Å². The van der Waals surface area contributed by atoms with E-state index in [4.69, 9.17) is 14.2 Å². The molecule has 0 unspecified atom stereocenters. The molecule has 8 nitrogen and oxygen atoms in total. The Labute approximate surface area is 219 Å². The molecule has 9 heteroatoms. The van der Waals surface area contributed by atoms with E-state index in [1.165, 1.54) is 11.3 Å². The number of benzene rings is 2. The van der Waals surface area contributed by atoms with Crippen molar-refractivity contribution in [2.24, 2.45) is 4.99 Å². The number of ether oxygens (including phenoxy) is 3. The van der Waals surface area contributed by atoms with E-state index in [1.54, 1.807) is 31.6 Å². The molecule has 1 aliphatic heterocycles. The average molecular weight is 522 g/mol. The van der Waals surface area contributed by atoms with Crippen molar-refractivity contribution in [3.63, 3.8) is 0 Å². The van der Waals surface area contributed by atoms with E-state index in [-0.39, 0.29) is 12.2 Å². The number of nitrogens with zero attached hydrogens (tertiary/aromatic N) is 3. The molecule has 0 N–H and O–H groups in total. The first-order valence-electron chi connectivity index (χ1n) is 12.1. The zero-order chi connectivity index (χ0) is 26.7. The molecule has 194 valence electrons. The van der Waals surface area contributed by atoms with Crippen LogP contribution in [0.1, 0.15) is 37.9 Å². The third-order valence-corrected chi connectivity index (χ3v) is 7.02. The second kappa shape index (κ2) is 11.0. The van der Waals surface area contributed by atoms with E-state index in [9.17, 15) is 9.59 Å². The van der Waals surface area contributed by atoms with Gasteiger partial charge in [-0.1, -0.05) is 35.6 Å². The smallest absolute Gasteiger partial charge is 0.338 e. The van der Waals surface area contributed by atoms with Gasteiger partial charge in [-0.05, 0) is 50.6 Å². The summed E-state index contributed by atoms with van der Waals surface area (Å²) in [5.41, 5.74) is 3.13. The Morgan fingerprint density at radius 1 is 1.14 bits per heavy atom. The minimum Gasteiger partial charge on any atom is -0.493 e. The van der Waals surface area contributed by atoms with Gasteiger partial charge in [-0.2, -0.15) is 0 Å². The van der Waals surface area contributed by atoms with Crippen LogP contribution in [-0.2, 0) is 9.53 Å². The van der Waals surface area contributed by atoms with Crippen LogP contribution >= 0.6 is 11.3 Å². The highest BCUT2D eigenvalue weighted by atomic mass is 32.1. The minimum absolute atomic E-state index is 0.201. The van der Waals surface area contributed by atoms with Gasteiger partial charge in [0.05, 0.1) is 36.1 Å². The molecule has 1 aliphatic rings. The van der Waals surface area contributed by atoms with Gasteiger partial charge < -0.3 is 19.1 Å². The van der Waals surface area contributed by atoms with Crippen LogP contribution in [0.3, 0.4) is 0 Å². The number of allylic oxidation sites excluding steroid dienone is 1. The number of carbonyl (C=O) groups is 1. The lowest BCUT2D eigenvalue weighted by Gasteiger charge is -2.26. The van der Waals surface area contributed by atoms with Crippen molar-refractivity contribution in [1.29, 1.82) is 0 Å². The molecule has 3 aromatic rings. The highest BCUT2D eigenvalue weighted by molar-refractivity contribution is 7.07. The summed E-state index contributed by atoms with van der Waals surface area (Å²) < 4.78 is 19.0. The molecule has 2 aromatic carbocycles. The lowest BCUT2D eigenvalue weighted by atomic mass is 9.94. The van der Waals surface area contributed by atoms with Crippen molar-refractivity contribution in [2.45, 2.75) is 26.8 Å². The maximum Gasteiger partial charge on any atom is 0.338 e. The van der Waals surface area contributed by atoms with Gasteiger partial charge in [0.1, 0.15) is 6.04 Å². The van der Waals surface area contributed by atoms with E-state index in [1.807, 2.05) is 68.4 Å². The van der Waals surface area contributed by atoms with Crippen molar-refractivity contribution < 1.29 is 19.0 Å². The van der Waals surface area contributed by atoms with Crippen LogP contribution in [0.4, 0.5) is 5.69 Å². The fourth-order valence-corrected chi connectivity index (χ4v) is 5.36. The normalized spacial score (nSPS) is 15.2. The molecular formula is C28H31N3O5S. The van der Waals surface area contributed by atoms with Crippen LogP contribution in [0.2, 0.25) is 0 Å². The van der Waals surface area contributed by atoms with Crippen molar-refractivity contribution >= 4 is 29.1 Å². The number of para-hydroxylation sites is 1. The molecule has 4 rings (SSSR count). The Balaban J connectivity index is 1.97. The number of thiazole rings is 1. The molecule has 0 fully saturated rings. The molecule has 0 radical (unpaired) electrons. The summed E-state index contributed by atoms with van der Waals surface area (Å²) in [6, 6.07) is 12.6. The summed E-state index contributed by atoms with van der Waals surface area (Å²) in [5, 5.41) is 0. The van der Waals surface area contributed by atoms with Gasteiger partial charge in [0.15, 0.2) is 16.3 Å². The molecular weight excluding hydrogens is 490 g/mol. The molecule has 0 amide bonds. The lowest BCUT2D eigenvalue weighted by Crippen LogP contribution is -2.40. The Morgan fingerprint density at radius 3 is 2.49 bits per heavy atom. The Kier molecular flexibility index (Phi) is 7.83. The van der Waals surface area contributed by atoms with Gasteiger partial charge >= 0.3 is 5.97 Å². The molecule has 0 aliphatic carbocycles. The summed E-state index contributed by atoms with van der Waals surface area (Å²) in [4.78, 5) is 34.2. The monoisotopic (exact) mass is 521 g/mol. The molecule has 1 aromatic heterocycles. The quantitative estimate of drug-likeness (QED) is 0.423. The SMILES string of the molecule is CCOC(=O)C1=C(C)N=c2s/c(=C/c3ccc(N(C)C)cc3)c(=O)n2[C@H]1c1cccc(OC)c1OCC. The second-order valence-corrected chi connectivity index (χ2v) is 9.61. The highest BCUT2D eigenvalue weighted by Crippen LogP contribution is 2.40. The van der Waals surface area contributed by atoms with Crippen LogP contribution in [0.15, 0.2) is 63.5 Å². The van der Waals surface area contributed by atoms with Crippen LogP contribution < -0.4 is 29.3 Å². The van der Waals surface area contributed by atoms with E-state index in [2.05, 4.69) is 4.99 Å². The molecule has 2 heterocycles. The third-order valence-electron chi connectivity index (χ3n) is 6.04. The zero-order valence-corrected chi connectivity index (χ0v) is 22.7. The van der Waals surface area contributed by atoms with E-state index >= 15 is 0 Å². The van der Waals surface area contributed by atoms with Crippen molar-refractivity contribution in [1.82, 2.24) is 4.57 Å². The zero-order valence-electron chi connectivity index (χ0n) is 21.9. The fraction of sp³-hybridized carbons (Fsp3) is 0.321. The highest BCUT2D eigenvalue weighted by Gasteiger charge is 2.35. The Morgan fingerprint density at radius 2 is 1.86 bits per heavy atom. The van der Waals surface area contributed by atoms with Crippen LogP contribution in [0.5, 0.6) is 11.5 Å². The van der Waals surface area contributed by atoms with Gasteiger partial charge in [0, 0.05) is 25.3 Å². The maximum absolute atomic E-state index is 13.9. The number of hydrogen-bond donors (Lipinski definition) is 0. The van der Waals surface area contributed by atoms with Crippen molar-refractivity contribution in [3.05, 3.63) is 84.5 Å². The Bertz CT molecular complexity index is 1520. The lowest BCUT2D eigenvalue weighted by molar-refractivity contribution is -0.139. The van der Waals surface area contributed by atoms with E-state index in [0.29, 0.717) is 44.3 Å². The topological polar surface area (TPSA) is 82.4 Å². The molecule has 0 saturated heterocycles. The largest absolute Gasteiger partial charge is 0.493 e. The number of hydrogen-bond acceptors (Lipinski definition) is 8. The first kappa shape index (κ1) is 26.2. The van der Waals surface area contributed by atoms with E-state index in [0.717, 1.165) is 11.3 Å². The summed E-state index contributed by atoms with van der Waals surface area (Å²) in [7, 11) is 5.51. The average Bonchev–Trinajstić information content (AvgIpc) is 3.18. The maximum atomic E-state index is 13.9. The Hall–Kier alpha value is -3.85. The molecule has 0 spiro atoms. The number of methoxy groups -OCH3 is 1. The molecule has 1 atom stereocenters. The van der Waals surface area contributed by atoms with Gasteiger partial charge in [-0.3, -0.25) is 9.36 Å². The summed E-state index contributed by atoms with van der Waals surface area (Å²) >= 11 is 1.29. The summed E-state index contributed by atoms with van der Waals surface area (Å²) in [6.45, 7) is 5.96. The second-order valence-electron chi connectivity index (χ2n) is 8.60. The van der Waals surface area contributed by atoms with Crippen LogP contribution in [0.25, 0.3) is 6.08 Å².